The molecule has 0 saturated carbocycles. The summed E-state index contributed by atoms with van der Waals surface area (Å²) in [5.41, 5.74) is 2.73. The van der Waals surface area contributed by atoms with Crippen LogP contribution in [-0.2, 0) is 6.54 Å². The summed E-state index contributed by atoms with van der Waals surface area (Å²) in [6, 6.07) is 15.6. The Bertz CT molecular complexity index is 644. The van der Waals surface area contributed by atoms with Crippen LogP contribution in [0.4, 0.5) is 4.39 Å². The first-order valence-electron chi connectivity index (χ1n) is 7.37. The average molecular weight is 427 g/mol. The minimum Gasteiger partial charge on any atom is -0.352 e. The van der Waals surface area contributed by atoms with Crippen LogP contribution in [0, 0.1) is 12.7 Å². The van der Waals surface area contributed by atoms with E-state index in [4.69, 9.17) is 0 Å². The van der Waals surface area contributed by atoms with E-state index < -0.39 is 0 Å². The summed E-state index contributed by atoms with van der Waals surface area (Å²) in [6.07, 6.45) is 0. The lowest BCUT2D eigenvalue weighted by atomic mass is 10.1. The van der Waals surface area contributed by atoms with Gasteiger partial charge in [0, 0.05) is 13.6 Å². The fraction of sp³-hybridized carbons (Fsp3) is 0.278. The highest BCUT2D eigenvalue weighted by atomic mass is 127. The van der Waals surface area contributed by atoms with Gasteiger partial charge in [-0.05, 0) is 36.6 Å². The van der Waals surface area contributed by atoms with Crippen LogP contribution in [0.15, 0.2) is 53.5 Å². The van der Waals surface area contributed by atoms with Gasteiger partial charge in [-0.3, -0.25) is 4.99 Å². The molecule has 0 aliphatic rings. The van der Waals surface area contributed by atoms with Crippen LogP contribution in [0.3, 0.4) is 0 Å². The lowest BCUT2D eigenvalue weighted by molar-refractivity contribution is 0.614. The van der Waals surface area contributed by atoms with Crippen molar-refractivity contribution in [2.24, 2.45) is 4.99 Å². The number of nitrogens with one attached hydrogen (secondary N) is 2. The highest BCUT2D eigenvalue weighted by molar-refractivity contribution is 14.0. The Hall–Kier alpha value is -1.63. The van der Waals surface area contributed by atoms with Gasteiger partial charge in [-0.25, -0.2) is 4.39 Å². The van der Waals surface area contributed by atoms with Gasteiger partial charge in [-0.2, -0.15) is 0 Å². The van der Waals surface area contributed by atoms with Crippen molar-refractivity contribution in [1.29, 1.82) is 0 Å². The predicted molar refractivity (Wildman–Crippen MR) is 105 cm³/mol. The molecule has 0 spiro atoms. The first-order valence-corrected chi connectivity index (χ1v) is 7.37. The number of benzene rings is 2. The smallest absolute Gasteiger partial charge is 0.191 e. The molecule has 0 aromatic heterocycles. The highest BCUT2D eigenvalue weighted by Gasteiger charge is 2.07. The number of aliphatic imine (C=N–C) groups is 1. The fourth-order valence-electron chi connectivity index (χ4n) is 2.16. The Balaban J connectivity index is 0.00000264. The molecule has 0 aliphatic heterocycles. The lowest BCUT2D eigenvalue weighted by Crippen LogP contribution is -2.38. The van der Waals surface area contributed by atoms with Crippen LogP contribution in [0.25, 0.3) is 0 Å². The van der Waals surface area contributed by atoms with E-state index in [0.717, 1.165) is 5.56 Å². The van der Waals surface area contributed by atoms with Crippen molar-refractivity contribution >= 4 is 29.9 Å². The average Bonchev–Trinajstić information content (AvgIpc) is 2.55. The third-order valence-electron chi connectivity index (χ3n) is 3.57. The van der Waals surface area contributed by atoms with E-state index in [2.05, 4.69) is 34.7 Å². The van der Waals surface area contributed by atoms with E-state index in [-0.39, 0.29) is 35.8 Å². The first kappa shape index (κ1) is 19.4. The van der Waals surface area contributed by atoms with Crippen LogP contribution < -0.4 is 10.6 Å². The van der Waals surface area contributed by atoms with Gasteiger partial charge in [0.1, 0.15) is 5.82 Å². The summed E-state index contributed by atoms with van der Waals surface area (Å²) in [6.45, 7) is 4.36. The zero-order valence-electron chi connectivity index (χ0n) is 13.6. The summed E-state index contributed by atoms with van der Waals surface area (Å²) in [5, 5.41) is 6.53. The summed E-state index contributed by atoms with van der Waals surface area (Å²) >= 11 is 0. The molecule has 3 nitrogen and oxygen atoms in total. The fourth-order valence-corrected chi connectivity index (χ4v) is 2.16. The van der Waals surface area contributed by atoms with Gasteiger partial charge in [0.05, 0.1) is 6.04 Å². The zero-order valence-corrected chi connectivity index (χ0v) is 16.0. The minimum atomic E-state index is -0.181. The lowest BCUT2D eigenvalue weighted by Gasteiger charge is -2.18. The van der Waals surface area contributed by atoms with Crippen LogP contribution in [-0.4, -0.2) is 13.0 Å². The first-order chi connectivity index (χ1) is 10.6. The molecule has 0 radical (unpaired) electrons. The maximum Gasteiger partial charge on any atom is 0.191 e. The monoisotopic (exact) mass is 427 g/mol. The molecule has 0 fully saturated rings. The zero-order chi connectivity index (χ0) is 15.9. The van der Waals surface area contributed by atoms with Gasteiger partial charge >= 0.3 is 0 Å². The molecule has 0 aliphatic carbocycles. The van der Waals surface area contributed by atoms with Crippen molar-refractivity contribution in [2.45, 2.75) is 26.4 Å². The number of guanidine groups is 1. The van der Waals surface area contributed by atoms with Gasteiger partial charge in [0.2, 0.25) is 0 Å². The van der Waals surface area contributed by atoms with Gasteiger partial charge < -0.3 is 10.6 Å². The van der Waals surface area contributed by atoms with Crippen molar-refractivity contribution in [3.8, 4) is 0 Å². The second-order valence-electron chi connectivity index (χ2n) is 5.29. The van der Waals surface area contributed by atoms with E-state index in [1.807, 2.05) is 24.3 Å². The van der Waals surface area contributed by atoms with Crippen LogP contribution in [0.2, 0.25) is 0 Å². The highest BCUT2D eigenvalue weighted by Crippen LogP contribution is 2.11. The van der Waals surface area contributed by atoms with Gasteiger partial charge in [0.15, 0.2) is 5.96 Å². The second kappa shape index (κ2) is 9.50. The van der Waals surface area contributed by atoms with E-state index in [1.54, 1.807) is 26.1 Å². The minimum absolute atomic E-state index is 0. The summed E-state index contributed by atoms with van der Waals surface area (Å²) in [4.78, 5) is 4.21. The maximum atomic E-state index is 13.5. The van der Waals surface area contributed by atoms with E-state index in [9.17, 15) is 4.39 Å². The summed E-state index contributed by atoms with van der Waals surface area (Å²) < 4.78 is 13.5. The van der Waals surface area contributed by atoms with Crippen LogP contribution in [0.1, 0.15) is 29.7 Å². The van der Waals surface area contributed by atoms with Crippen molar-refractivity contribution in [3.63, 3.8) is 0 Å². The number of aryl methyl sites for hydroxylation is 1. The summed E-state index contributed by atoms with van der Waals surface area (Å²) in [5.74, 6) is 0.511. The van der Waals surface area contributed by atoms with Gasteiger partial charge in [0.25, 0.3) is 0 Å². The summed E-state index contributed by atoms with van der Waals surface area (Å²) in [7, 11) is 1.72. The molecular weight excluding hydrogens is 404 g/mol. The molecule has 0 saturated heterocycles. The number of rotatable bonds is 4. The maximum absolute atomic E-state index is 13.5. The quantitative estimate of drug-likeness (QED) is 0.437. The van der Waals surface area contributed by atoms with E-state index in [1.165, 1.54) is 5.56 Å². The van der Waals surface area contributed by atoms with E-state index >= 15 is 0 Å². The molecule has 0 heterocycles. The Kier molecular flexibility index (Phi) is 8.02. The molecule has 0 bridgehead atoms. The Morgan fingerprint density at radius 1 is 1.17 bits per heavy atom. The number of hydrogen-bond donors (Lipinski definition) is 2. The Morgan fingerprint density at radius 3 is 2.48 bits per heavy atom. The largest absolute Gasteiger partial charge is 0.352 e. The predicted octanol–water partition coefficient (Wildman–Crippen LogP) is 4.18. The van der Waals surface area contributed by atoms with Crippen molar-refractivity contribution in [3.05, 3.63) is 71.0 Å². The van der Waals surface area contributed by atoms with Crippen LogP contribution in [0.5, 0.6) is 0 Å². The van der Waals surface area contributed by atoms with Gasteiger partial charge in [-0.15, -0.1) is 24.0 Å². The molecule has 2 aromatic carbocycles. The number of halogens is 2. The molecule has 2 aromatic rings. The van der Waals surface area contributed by atoms with Gasteiger partial charge in [-0.1, -0.05) is 42.5 Å². The third-order valence-corrected chi connectivity index (χ3v) is 3.57. The topological polar surface area (TPSA) is 36.4 Å². The Labute approximate surface area is 154 Å². The normalized spacial score (nSPS) is 12.3. The molecule has 23 heavy (non-hydrogen) atoms. The van der Waals surface area contributed by atoms with Crippen molar-refractivity contribution in [1.82, 2.24) is 10.6 Å². The number of nitrogens with zero attached hydrogens (tertiary/aromatic N) is 1. The molecule has 2 rings (SSSR count). The third kappa shape index (κ3) is 5.82. The van der Waals surface area contributed by atoms with Crippen molar-refractivity contribution < 1.29 is 4.39 Å². The number of hydrogen-bond acceptors (Lipinski definition) is 1. The standard InChI is InChI=1S/C18H22FN3.HI/c1-13-9-10-15(11-17(13)19)12-21-18(20-3)22-14(2)16-7-5-4-6-8-16;/h4-11,14H,12H2,1-3H3,(H2,20,21,22);1H. The molecule has 1 unspecified atom stereocenters. The van der Waals surface area contributed by atoms with Crippen molar-refractivity contribution in [2.75, 3.05) is 7.05 Å². The molecule has 1 atom stereocenters. The van der Waals surface area contributed by atoms with Crippen LogP contribution >= 0.6 is 24.0 Å². The Morgan fingerprint density at radius 2 is 1.87 bits per heavy atom. The molecule has 5 heteroatoms. The second-order valence-corrected chi connectivity index (χ2v) is 5.29. The molecule has 124 valence electrons. The molecular formula is C18H23FIN3. The SMILES string of the molecule is CN=C(NCc1ccc(C)c(F)c1)NC(C)c1ccccc1.I. The molecule has 2 N–H and O–H groups in total. The molecule has 0 amide bonds. The van der Waals surface area contributed by atoms with E-state index in [0.29, 0.717) is 18.1 Å².